The van der Waals surface area contributed by atoms with Crippen LogP contribution < -0.4 is 0 Å². The van der Waals surface area contributed by atoms with Gasteiger partial charge in [0.1, 0.15) is 0 Å². The molecule has 2 aliphatic rings. The summed E-state index contributed by atoms with van der Waals surface area (Å²) in [5.41, 5.74) is 5.44. The highest BCUT2D eigenvalue weighted by molar-refractivity contribution is 7.92. The van der Waals surface area contributed by atoms with Gasteiger partial charge < -0.3 is 0 Å². The Hall–Kier alpha value is -2.08. The van der Waals surface area contributed by atoms with Gasteiger partial charge in [0.05, 0.1) is 16.2 Å². The van der Waals surface area contributed by atoms with Crippen LogP contribution in [0.3, 0.4) is 0 Å². The van der Waals surface area contributed by atoms with Gasteiger partial charge in [-0.05, 0) is 94.0 Å². The normalized spacial score (nSPS) is 21.9. The van der Waals surface area contributed by atoms with Crippen molar-refractivity contribution in [3.63, 3.8) is 0 Å². The van der Waals surface area contributed by atoms with E-state index in [0.717, 1.165) is 43.4 Å². The van der Waals surface area contributed by atoms with Crippen molar-refractivity contribution < 1.29 is 12.8 Å². The van der Waals surface area contributed by atoms with Crippen molar-refractivity contribution in [2.24, 2.45) is 11.8 Å². The van der Waals surface area contributed by atoms with Crippen molar-refractivity contribution in [1.82, 2.24) is 9.97 Å². The molecule has 0 atom stereocenters. The van der Waals surface area contributed by atoms with Crippen LogP contribution in [0.4, 0.5) is 4.39 Å². The third-order valence-corrected chi connectivity index (χ3v) is 9.32. The molecule has 0 bridgehead atoms. The quantitative estimate of drug-likeness (QED) is 0.625. The fourth-order valence-electron chi connectivity index (χ4n) is 4.46. The van der Waals surface area contributed by atoms with Gasteiger partial charge in [0.15, 0.2) is 9.84 Å². The van der Waals surface area contributed by atoms with Crippen molar-refractivity contribution in [1.29, 1.82) is 0 Å². The lowest BCUT2D eigenvalue weighted by Crippen LogP contribution is -2.34. The molecule has 160 valence electrons. The Labute approximate surface area is 178 Å². The summed E-state index contributed by atoms with van der Waals surface area (Å²) in [7, 11) is -3.06. The lowest BCUT2D eigenvalue weighted by atomic mass is 9.78. The largest absolute Gasteiger partial charge is 0.256 e. The third kappa shape index (κ3) is 4.34. The van der Waals surface area contributed by atoms with Gasteiger partial charge in [-0.15, -0.1) is 0 Å². The molecule has 0 aromatic carbocycles. The van der Waals surface area contributed by atoms with Gasteiger partial charge in [-0.2, -0.15) is 4.39 Å². The minimum atomic E-state index is -3.06. The fraction of sp³-hybridized carbons (Fsp3) is 0.500. The second-order valence-electron chi connectivity index (χ2n) is 9.65. The van der Waals surface area contributed by atoms with E-state index >= 15 is 0 Å². The summed E-state index contributed by atoms with van der Waals surface area (Å²) >= 11 is 0. The molecule has 2 aliphatic carbocycles. The standard InChI is InChI=1S/C24H29FN2O2S/c1-24(2,3)30(28,29)15-16-4-6-17(7-5-16)19-10-20-12-22(26-14-21(20)11-19)18-8-9-23(25)27-13-18/h8-10,12-14,16-17H,4-7,11,15H2,1-3H3. The molecule has 30 heavy (non-hydrogen) atoms. The summed E-state index contributed by atoms with van der Waals surface area (Å²) in [6.45, 7) is 5.37. The van der Waals surface area contributed by atoms with Crippen LogP contribution in [0.5, 0.6) is 0 Å². The molecule has 1 fully saturated rings. The number of sulfone groups is 1. The topological polar surface area (TPSA) is 59.9 Å². The fourth-order valence-corrected chi connectivity index (χ4v) is 5.91. The van der Waals surface area contributed by atoms with Crippen LogP contribution in [0.15, 0.2) is 36.2 Å². The molecule has 0 amide bonds. The third-order valence-electron chi connectivity index (χ3n) is 6.54. The minimum Gasteiger partial charge on any atom is -0.256 e. The van der Waals surface area contributed by atoms with E-state index in [2.05, 4.69) is 22.1 Å². The number of aromatic nitrogens is 2. The van der Waals surface area contributed by atoms with Crippen LogP contribution >= 0.6 is 0 Å². The zero-order valence-electron chi connectivity index (χ0n) is 17.9. The van der Waals surface area contributed by atoms with Gasteiger partial charge in [-0.25, -0.2) is 13.4 Å². The van der Waals surface area contributed by atoms with Crippen LogP contribution in [0.2, 0.25) is 0 Å². The maximum absolute atomic E-state index is 13.1. The Bertz CT molecular complexity index is 1060. The molecule has 0 saturated heterocycles. The van der Waals surface area contributed by atoms with E-state index in [1.807, 2.05) is 6.20 Å². The van der Waals surface area contributed by atoms with E-state index in [0.29, 0.717) is 11.7 Å². The summed E-state index contributed by atoms with van der Waals surface area (Å²) in [4.78, 5) is 8.26. The van der Waals surface area contributed by atoms with Crippen molar-refractivity contribution in [3.05, 3.63) is 53.2 Å². The predicted molar refractivity (Wildman–Crippen MR) is 118 cm³/mol. The lowest BCUT2D eigenvalue weighted by molar-refractivity contribution is 0.319. The summed E-state index contributed by atoms with van der Waals surface area (Å²) in [6.07, 6.45) is 10.7. The van der Waals surface area contributed by atoms with Crippen LogP contribution in [0.25, 0.3) is 17.3 Å². The van der Waals surface area contributed by atoms with E-state index in [9.17, 15) is 12.8 Å². The maximum Gasteiger partial charge on any atom is 0.212 e. The number of nitrogens with zero attached hydrogens (tertiary/aromatic N) is 2. The van der Waals surface area contributed by atoms with Gasteiger partial charge >= 0.3 is 0 Å². The number of pyridine rings is 2. The Morgan fingerprint density at radius 3 is 2.43 bits per heavy atom. The maximum atomic E-state index is 13.1. The molecule has 4 rings (SSSR count). The predicted octanol–water partition coefficient (Wildman–Crippen LogP) is 5.24. The molecule has 4 nitrogen and oxygen atoms in total. The second kappa shape index (κ2) is 7.88. The molecule has 1 saturated carbocycles. The molecule has 2 heterocycles. The van der Waals surface area contributed by atoms with E-state index in [4.69, 9.17) is 0 Å². The van der Waals surface area contributed by atoms with E-state index in [1.165, 1.54) is 29.0 Å². The first kappa shape index (κ1) is 21.2. The number of halogens is 1. The number of fused-ring (bicyclic) bond motifs is 1. The van der Waals surface area contributed by atoms with Crippen LogP contribution in [-0.4, -0.2) is 28.9 Å². The SMILES string of the molecule is CC(C)(C)S(=O)(=O)CC1CCC(C2=Cc3cc(-c4ccc(F)nc4)ncc3C2)CC1. The summed E-state index contributed by atoms with van der Waals surface area (Å²) in [5, 5.41) is 0. The van der Waals surface area contributed by atoms with E-state index in [1.54, 1.807) is 26.8 Å². The Balaban J connectivity index is 1.42. The van der Waals surface area contributed by atoms with E-state index in [-0.39, 0.29) is 5.92 Å². The summed E-state index contributed by atoms with van der Waals surface area (Å²) in [5.74, 6) is 0.602. The number of hydrogen-bond donors (Lipinski definition) is 0. The van der Waals surface area contributed by atoms with E-state index < -0.39 is 20.5 Å². The zero-order chi connectivity index (χ0) is 21.5. The lowest BCUT2D eigenvalue weighted by Gasteiger charge is -2.31. The average Bonchev–Trinajstić information content (AvgIpc) is 3.11. The molecule has 0 unspecified atom stereocenters. The smallest absolute Gasteiger partial charge is 0.212 e. The molecule has 0 radical (unpaired) electrons. The van der Waals surface area contributed by atoms with Crippen molar-refractivity contribution >= 4 is 15.9 Å². The van der Waals surface area contributed by atoms with Crippen molar-refractivity contribution in [2.75, 3.05) is 5.75 Å². The molecule has 0 N–H and O–H groups in total. The number of rotatable bonds is 4. The average molecular weight is 429 g/mol. The molecule has 6 heteroatoms. The first-order chi connectivity index (χ1) is 14.1. The van der Waals surface area contributed by atoms with Crippen molar-refractivity contribution in [3.8, 4) is 11.3 Å². The highest BCUT2D eigenvalue weighted by Gasteiger charge is 2.34. The van der Waals surface area contributed by atoms with Crippen LogP contribution in [-0.2, 0) is 16.3 Å². The minimum absolute atomic E-state index is 0.272. The molecular weight excluding hydrogens is 399 g/mol. The number of allylic oxidation sites excluding steroid dienone is 1. The van der Waals surface area contributed by atoms with Crippen LogP contribution in [0, 0.1) is 17.8 Å². The van der Waals surface area contributed by atoms with Crippen LogP contribution in [0.1, 0.15) is 57.6 Å². The Kier molecular flexibility index (Phi) is 5.56. The van der Waals surface area contributed by atoms with Gasteiger partial charge in [-0.1, -0.05) is 11.6 Å². The highest BCUT2D eigenvalue weighted by Crippen LogP contribution is 2.40. The molecule has 2 aromatic rings. The second-order valence-corrected chi connectivity index (χ2v) is 12.4. The molecule has 2 aromatic heterocycles. The molecule has 0 aliphatic heterocycles. The zero-order valence-corrected chi connectivity index (χ0v) is 18.7. The molecule has 0 spiro atoms. The number of hydrogen-bond acceptors (Lipinski definition) is 4. The van der Waals surface area contributed by atoms with Gasteiger partial charge in [0, 0.05) is 18.0 Å². The monoisotopic (exact) mass is 428 g/mol. The van der Waals surface area contributed by atoms with Gasteiger partial charge in [0.25, 0.3) is 0 Å². The summed E-state index contributed by atoms with van der Waals surface area (Å²) < 4.78 is 37.5. The highest BCUT2D eigenvalue weighted by atomic mass is 32.2. The van der Waals surface area contributed by atoms with Crippen molar-refractivity contribution in [2.45, 2.75) is 57.6 Å². The van der Waals surface area contributed by atoms with Gasteiger partial charge in [0.2, 0.25) is 5.95 Å². The Morgan fingerprint density at radius 1 is 1.07 bits per heavy atom. The molecular formula is C24H29FN2O2S. The first-order valence-electron chi connectivity index (χ1n) is 10.7. The Morgan fingerprint density at radius 2 is 1.80 bits per heavy atom. The summed E-state index contributed by atoms with van der Waals surface area (Å²) in [6, 6.07) is 5.10. The first-order valence-corrected chi connectivity index (χ1v) is 12.3. The van der Waals surface area contributed by atoms with Gasteiger partial charge in [-0.3, -0.25) is 4.98 Å².